The second-order valence-electron chi connectivity index (χ2n) is 0.447. The van der Waals surface area contributed by atoms with Crippen LogP contribution in [0.1, 0.15) is 0 Å². The molecule has 0 aliphatic rings. The van der Waals surface area contributed by atoms with Gasteiger partial charge in [-0.2, -0.15) is 11.8 Å². The third kappa shape index (κ3) is 50.8. The Morgan fingerprint density at radius 3 is 1.50 bits per heavy atom. The molecule has 0 aromatic carbocycles. The van der Waals surface area contributed by atoms with Crippen LogP contribution in [-0.4, -0.2) is 17.6 Å². The molecule has 0 fully saturated rings. The van der Waals surface area contributed by atoms with Crippen LogP contribution in [0.5, 0.6) is 0 Å². The minimum Gasteiger partial charge on any atom is -0.850 e. The molecule has 0 amide bonds. The van der Waals surface area contributed by atoms with Gasteiger partial charge in [0.15, 0.2) is 0 Å². The van der Waals surface area contributed by atoms with E-state index in [4.69, 9.17) is 0 Å². The van der Waals surface area contributed by atoms with E-state index in [0.29, 0.717) is 0 Å². The van der Waals surface area contributed by atoms with Crippen LogP contribution in [0, 0.1) is 0 Å². The summed E-state index contributed by atoms with van der Waals surface area (Å²) in [5.41, 5.74) is -3.72. The molecule has 36 valence electrons. The molecule has 0 spiro atoms. The van der Waals surface area contributed by atoms with Crippen LogP contribution in [0.15, 0.2) is 0 Å². The number of hydrogen-bond acceptors (Lipinski definition) is 4. The fourth-order valence-electron chi connectivity index (χ4n) is 0. The van der Waals surface area contributed by atoms with Crippen molar-refractivity contribution < 1.29 is 9.79 Å². The molecular formula is GeO2PS2-3. The standard InChI is InChI=1S/Ge.H3O2PS2/c;1-3(2,4)5/h;(H3,1,2,4,5)/p-3. The molecule has 0 heterocycles. The quantitative estimate of drug-likeness (QED) is 0.260. The van der Waals surface area contributed by atoms with Gasteiger partial charge in [0.25, 0.3) is 0 Å². The average molecular weight is 200 g/mol. The van der Waals surface area contributed by atoms with Gasteiger partial charge in [0.1, 0.15) is 0 Å². The summed E-state index contributed by atoms with van der Waals surface area (Å²) in [4.78, 5) is 18.6. The van der Waals surface area contributed by atoms with E-state index in [1.165, 1.54) is 0 Å². The molecule has 0 bridgehead atoms. The van der Waals surface area contributed by atoms with Gasteiger partial charge >= 0.3 is 0 Å². The van der Waals surface area contributed by atoms with E-state index in [-0.39, 0.29) is 17.6 Å². The fraction of sp³-hybridized carbons (Fsp3) is 0. The van der Waals surface area contributed by atoms with Gasteiger partial charge in [0.2, 0.25) is 0 Å². The van der Waals surface area contributed by atoms with Gasteiger partial charge in [-0.3, -0.25) is 0 Å². The molecule has 4 radical (unpaired) electrons. The minimum absolute atomic E-state index is 0. The maximum absolute atomic E-state index is 9.29. The summed E-state index contributed by atoms with van der Waals surface area (Å²) < 4.78 is 0. The van der Waals surface area contributed by atoms with Crippen molar-refractivity contribution in [3.63, 3.8) is 0 Å². The van der Waals surface area contributed by atoms with Crippen LogP contribution < -0.4 is 9.79 Å². The molecular weight excluding hydrogens is 200 g/mol. The predicted molar refractivity (Wildman–Crippen MR) is 27.4 cm³/mol. The van der Waals surface area contributed by atoms with Crippen molar-refractivity contribution in [2.45, 2.75) is 0 Å². The summed E-state index contributed by atoms with van der Waals surface area (Å²) in [5, 5.41) is 0. The first kappa shape index (κ1) is 10.4. The van der Waals surface area contributed by atoms with Crippen molar-refractivity contribution >= 4 is 47.3 Å². The van der Waals surface area contributed by atoms with E-state index in [1.54, 1.807) is 0 Å². The fourth-order valence-corrected chi connectivity index (χ4v) is 0. The molecule has 0 aromatic rings. The van der Waals surface area contributed by atoms with E-state index >= 15 is 0 Å². The Labute approximate surface area is 57.3 Å². The molecule has 0 saturated carbocycles. The van der Waals surface area contributed by atoms with Crippen LogP contribution in [-0.2, 0) is 24.1 Å². The first-order valence-corrected chi connectivity index (χ1v) is 4.38. The predicted octanol–water partition coefficient (Wildman–Crippen LogP) is -1.90. The third-order valence-corrected chi connectivity index (χ3v) is 0. The molecule has 0 saturated heterocycles. The van der Waals surface area contributed by atoms with Crippen molar-refractivity contribution in [3.05, 3.63) is 0 Å². The Kier molecular flexibility index (Phi) is 6.03. The van der Waals surface area contributed by atoms with Crippen LogP contribution in [0.3, 0.4) is 0 Å². The largest absolute Gasteiger partial charge is 0.850 e. The maximum atomic E-state index is 9.29. The van der Waals surface area contributed by atoms with Gasteiger partial charge < -0.3 is 27.7 Å². The zero-order valence-electron chi connectivity index (χ0n) is 2.58. The van der Waals surface area contributed by atoms with E-state index < -0.39 is 5.69 Å². The van der Waals surface area contributed by atoms with E-state index in [2.05, 4.69) is 24.1 Å². The molecule has 0 rings (SSSR count). The normalized spacial score (nSPS) is 9.83. The van der Waals surface area contributed by atoms with Crippen molar-refractivity contribution in [2.24, 2.45) is 0 Å². The van der Waals surface area contributed by atoms with Crippen LogP contribution in [0.2, 0.25) is 0 Å². The van der Waals surface area contributed by atoms with Gasteiger partial charge in [0.05, 0.1) is 0 Å². The summed E-state index contributed by atoms with van der Waals surface area (Å²) in [6.45, 7) is 0. The van der Waals surface area contributed by atoms with Gasteiger partial charge in [-0.1, -0.05) is 0 Å². The topological polar surface area (TPSA) is 46.1 Å². The molecule has 2 nitrogen and oxygen atoms in total. The first-order valence-electron chi connectivity index (χ1n) is 0.730. The van der Waals surface area contributed by atoms with Crippen molar-refractivity contribution in [3.8, 4) is 0 Å². The molecule has 0 unspecified atom stereocenters. The first-order chi connectivity index (χ1) is 2.00. The average Bonchev–Trinajstić information content (AvgIpc) is 0.722. The molecule has 0 N–H and O–H groups in total. The summed E-state index contributed by atoms with van der Waals surface area (Å²) in [6.07, 6.45) is 0. The number of rotatable bonds is 0. The summed E-state index contributed by atoms with van der Waals surface area (Å²) in [7, 11) is 0. The van der Waals surface area contributed by atoms with Crippen LogP contribution >= 0.6 is 5.69 Å². The van der Waals surface area contributed by atoms with Crippen LogP contribution in [0.25, 0.3) is 0 Å². The Hall–Kier alpha value is 1.46. The van der Waals surface area contributed by atoms with Gasteiger partial charge in [0, 0.05) is 17.6 Å². The van der Waals surface area contributed by atoms with Crippen molar-refractivity contribution in [1.82, 2.24) is 0 Å². The Balaban J connectivity index is 0. The summed E-state index contributed by atoms with van der Waals surface area (Å²) in [6, 6.07) is 0. The number of hydrogen-bond donors (Lipinski definition) is 0. The van der Waals surface area contributed by atoms with E-state index in [1.807, 2.05) is 0 Å². The zero-order valence-corrected chi connectivity index (χ0v) is 7.21. The molecule has 0 atom stereocenters. The van der Waals surface area contributed by atoms with Gasteiger partial charge in [-0.15, -0.1) is 0 Å². The Morgan fingerprint density at radius 2 is 1.50 bits per heavy atom. The third-order valence-electron chi connectivity index (χ3n) is 0. The zero-order chi connectivity index (χ0) is 4.50. The maximum Gasteiger partial charge on any atom is 0 e. The van der Waals surface area contributed by atoms with E-state index in [0.717, 1.165) is 0 Å². The molecule has 6 heavy (non-hydrogen) atoms. The Morgan fingerprint density at radius 1 is 1.50 bits per heavy atom. The Bertz CT molecular complexity index is 57.7. The molecule has 0 aliphatic carbocycles. The minimum atomic E-state index is -3.72. The SMILES string of the molecule is [Ge].[O-]P([O-])(=S)[S-]. The van der Waals surface area contributed by atoms with Gasteiger partial charge in [-0.25, -0.2) is 0 Å². The second kappa shape index (κ2) is 3.46. The van der Waals surface area contributed by atoms with Crippen molar-refractivity contribution in [1.29, 1.82) is 0 Å². The summed E-state index contributed by atoms with van der Waals surface area (Å²) >= 11 is 7.28. The summed E-state index contributed by atoms with van der Waals surface area (Å²) in [5.74, 6) is 0. The molecule has 6 heteroatoms. The van der Waals surface area contributed by atoms with Gasteiger partial charge in [-0.05, 0) is 0 Å². The second-order valence-corrected chi connectivity index (χ2v) is 4.92. The van der Waals surface area contributed by atoms with E-state index in [9.17, 15) is 9.79 Å². The smallest absolute Gasteiger partial charge is 0 e. The molecule has 0 aliphatic heterocycles. The molecule has 0 aromatic heterocycles. The van der Waals surface area contributed by atoms with Crippen molar-refractivity contribution in [2.75, 3.05) is 0 Å². The van der Waals surface area contributed by atoms with Crippen LogP contribution in [0.4, 0.5) is 0 Å². The monoisotopic (exact) mass is 201 g/mol.